The van der Waals surface area contributed by atoms with Gasteiger partial charge in [0.25, 0.3) is 0 Å². The molecule has 0 aliphatic carbocycles. The van der Waals surface area contributed by atoms with E-state index in [0.29, 0.717) is 13.1 Å². The summed E-state index contributed by atoms with van der Waals surface area (Å²) in [5, 5.41) is 0. The Labute approximate surface area is 91.7 Å². The fourth-order valence-electron chi connectivity index (χ4n) is 1.43. The third kappa shape index (κ3) is 2.52. The molecule has 1 nitrogen and oxygen atoms in total. The summed E-state index contributed by atoms with van der Waals surface area (Å²) in [4.78, 5) is 1.67. The minimum atomic E-state index is -1.36. The van der Waals surface area contributed by atoms with Crippen LogP contribution in [0.5, 0.6) is 0 Å². The largest absolute Gasteiger partial charge is 0.299 e. The van der Waals surface area contributed by atoms with E-state index in [9.17, 15) is 17.6 Å². The van der Waals surface area contributed by atoms with Crippen LogP contribution in [0.1, 0.15) is 19.4 Å². The van der Waals surface area contributed by atoms with E-state index in [0.717, 1.165) is 0 Å². The third-order valence-corrected chi connectivity index (χ3v) is 2.48. The minimum absolute atomic E-state index is 0.140. The standard InChI is InChI=1S/C11H13F4N/c1-3-16(4-2)6-7-10(14)8(12)5-9(13)11(7)15/h5H,3-4,6H2,1-2H3. The molecule has 0 N–H and O–H groups in total. The van der Waals surface area contributed by atoms with Crippen LogP contribution in [0.4, 0.5) is 17.6 Å². The number of hydrogen-bond acceptors (Lipinski definition) is 1. The molecule has 0 spiro atoms. The predicted octanol–water partition coefficient (Wildman–Crippen LogP) is 3.08. The van der Waals surface area contributed by atoms with Crippen molar-refractivity contribution in [1.82, 2.24) is 4.90 Å². The van der Waals surface area contributed by atoms with Crippen molar-refractivity contribution >= 4 is 0 Å². The van der Waals surface area contributed by atoms with Gasteiger partial charge in [0.15, 0.2) is 23.3 Å². The van der Waals surface area contributed by atoms with Gasteiger partial charge in [-0.1, -0.05) is 13.8 Å². The number of halogens is 4. The van der Waals surface area contributed by atoms with E-state index in [4.69, 9.17) is 0 Å². The van der Waals surface area contributed by atoms with Crippen molar-refractivity contribution in [2.24, 2.45) is 0 Å². The van der Waals surface area contributed by atoms with E-state index in [1.807, 2.05) is 0 Å². The fraction of sp³-hybridized carbons (Fsp3) is 0.455. The Balaban J connectivity index is 3.11. The van der Waals surface area contributed by atoms with Crippen molar-refractivity contribution in [2.45, 2.75) is 20.4 Å². The molecule has 0 unspecified atom stereocenters. The van der Waals surface area contributed by atoms with Crippen molar-refractivity contribution < 1.29 is 17.6 Å². The normalized spacial score (nSPS) is 11.2. The quantitative estimate of drug-likeness (QED) is 0.572. The number of benzene rings is 1. The van der Waals surface area contributed by atoms with Crippen LogP contribution in [0.2, 0.25) is 0 Å². The number of rotatable bonds is 4. The molecule has 1 rings (SSSR count). The maximum Gasteiger partial charge on any atom is 0.166 e. The maximum atomic E-state index is 13.3. The van der Waals surface area contributed by atoms with Crippen LogP contribution in [-0.2, 0) is 6.54 Å². The van der Waals surface area contributed by atoms with E-state index in [-0.39, 0.29) is 12.6 Å². The van der Waals surface area contributed by atoms with Crippen LogP contribution < -0.4 is 0 Å². The molecule has 1 aromatic carbocycles. The second kappa shape index (κ2) is 5.30. The lowest BCUT2D eigenvalue weighted by Crippen LogP contribution is -2.24. The highest BCUT2D eigenvalue weighted by Gasteiger charge is 2.20. The van der Waals surface area contributed by atoms with Crippen LogP contribution in [0.3, 0.4) is 0 Å². The molecule has 0 bridgehead atoms. The zero-order valence-corrected chi connectivity index (χ0v) is 9.16. The van der Waals surface area contributed by atoms with Gasteiger partial charge in [-0.15, -0.1) is 0 Å². The molecule has 0 aliphatic heterocycles. The van der Waals surface area contributed by atoms with E-state index < -0.39 is 28.8 Å². The van der Waals surface area contributed by atoms with Gasteiger partial charge >= 0.3 is 0 Å². The molecule has 0 amide bonds. The summed E-state index contributed by atoms with van der Waals surface area (Å²) in [6, 6.07) is 0.219. The first-order valence-electron chi connectivity index (χ1n) is 5.05. The Morgan fingerprint density at radius 1 is 0.938 bits per heavy atom. The Bertz CT molecular complexity index is 348. The Morgan fingerprint density at radius 2 is 1.38 bits per heavy atom. The first kappa shape index (κ1) is 13.0. The van der Waals surface area contributed by atoms with Gasteiger partial charge < -0.3 is 0 Å². The van der Waals surface area contributed by atoms with E-state index >= 15 is 0 Å². The lowest BCUT2D eigenvalue weighted by atomic mass is 10.1. The summed E-state index contributed by atoms with van der Waals surface area (Å²) >= 11 is 0. The average Bonchev–Trinajstić information content (AvgIpc) is 2.27. The molecule has 0 aromatic heterocycles. The number of hydrogen-bond donors (Lipinski definition) is 0. The Hall–Kier alpha value is -1.10. The molecule has 0 saturated carbocycles. The van der Waals surface area contributed by atoms with E-state index in [1.165, 1.54) is 0 Å². The molecule has 16 heavy (non-hydrogen) atoms. The molecule has 0 atom stereocenters. The Morgan fingerprint density at radius 3 is 1.75 bits per heavy atom. The van der Waals surface area contributed by atoms with Crippen LogP contribution in [0.15, 0.2) is 6.07 Å². The Kier molecular flexibility index (Phi) is 4.29. The maximum absolute atomic E-state index is 13.3. The van der Waals surface area contributed by atoms with Crippen LogP contribution >= 0.6 is 0 Å². The molecule has 0 radical (unpaired) electrons. The summed E-state index contributed by atoms with van der Waals surface area (Å²) in [5.41, 5.74) is -0.554. The van der Waals surface area contributed by atoms with Gasteiger partial charge in [-0.2, -0.15) is 0 Å². The predicted molar refractivity (Wildman–Crippen MR) is 52.9 cm³/mol. The molecule has 5 heteroatoms. The zero-order valence-electron chi connectivity index (χ0n) is 9.16. The highest BCUT2D eigenvalue weighted by Crippen LogP contribution is 2.20. The summed E-state index contributed by atoms with van der Waals surface area (Å²) < 4.78 is 52.3. The second-order valence-corrected chi connectivity index (χ2v) is 3.41. The van der Waals surface area contributed by atoms with Gasteiger partial charge in [0.2, 0.25) is 0 Å². The summed E-state index contributed by atoms with van der Waals surface area (Å²) in [6.07, 6.45) is 0. The summed E-state index contributed by atoms with van der Waals surface area (Å²) in [6.45, 7) is 4.56. The van der Waals surface area contributed by atoms with E-state index in [2.05, 4.69) is 0 Å². The first-order valence-corrected chi connectivity index (χ1v) is 5.05. The average molecular weight is 235 g/mol. The SMILES string of the molecule is CCN(CC)Cc1c(F)c(F)cc(F)c1F. The minimum Gasteiger partial charge on any atom is -0.299 e. The van der Waals surface area contributed by atoms with Crippen molar-refractivity contribution in [3.05, 3.63) is 34.9 Å². The van der Waals surface area contributed by atoms with Crippen LogP contribution in [0, 0.1) is 23.3 Å². The van der Waals surface area contributed by atoms with Gasteiger partial charge in [0.05, 0.1) is 0 Å². The van der Waals surface area contributed by atoms with Crippen LogP contribution in [-0.4, -0.2) is 18.0 Å². The first-order chi connectivity index (χ1) is 7.51. The molecular formula is C11H13F4N. The van der Waals surface area contributed by atoms with Crippen LogP contribution in [0.25, 0.3) is 0 Å². The highest BCUT2D eigenvalue weighted by molar-refractivity contribution is 5.22. The topological polar surface area (TPSA) is 3.24 Å². The molecule has 0 heterocycles. The van der Waals surface area contributed by atoms with E-state index in [1.54, 1.807) is 18.7 Å². The fourth-order valence-corrected chi connectivity index (χ4v) is 1.43. The van der Waals surface area contributed by atoms with Crippen molar-refractivity contribution in [1.29, 1.82) is 0 Å². The van der Waals surface area contributed by atoms with Gasteiger partial charge in [-0.05, 0) is 13.1 Å². The van der Waals surface area contributed by atoms with Crippen molar-refractivity contribution in [3.8, 4) is 0 Å². The molecule has 0 fully saturated rings. The monoisotopic (exact) mass is 235 g/mol. The molecule has 1 aromatic rings. The molecule has 0 saturated heterocycles. The van der Waals surface area contributed by atoms with Crippen molar-refractivity contribution in [2.75, 3.05) is 13.1 Å². The van der Waals surface area contributed by atoms with Crippen molar-refractivity contribution in [3.63, 3.8) is 0 Å². The third-order valence-electron chi connectivity index (χ3n) is 2.48. The molecule has 0 aliphatic rings. The highest BCUT2D eigenvalue weighted by atomic mass is 19.2. The molecule has 90 valence electrons. The lowest BCUT2D eigenvalue weighted by molar-refractivity contribution is 0.280. The zero-order chi connectivity index (χ0) is 12.3. The summed E-state index contributed by atoms with van der Waals surface area (Å²) in [5.74, 6) is -5.35. The second-order valence-electron chi connectivity index (χ2n) is 3.41. The van der Waals surface area contributed by atoms with Gasteiger partial charge in [-0.3, -0.25) is 4.90 Å². The lowest BCUT2D eigenvalue weighted by Gasteiger charge is -2.18. The van der Waals surface area contributed by atoms with Gasteiger partial charge in [0, 0.05) is 18.2 Å². The smallest absolute Gasteiger partial charge is 0.166 e. The molecular weight excluding hydrogens is 222 g/mol. The van der Waals surface area contributed by atoms with Gasteiger partial charge in [0.1, 0.15) is 0 Å². The van der Waals surface area contributed by atoms with Gasteiger partial charge in [-0.25, -0.2) is 17.6 Å². The number of nitrogens with zero attached hydrogens (tertiary/aromatic N) is 1. The summed E-state index contributed by atoms with van der Waals surface area (Å²) in [7, 11) is 0.